The first kappa shape index (κ1) is 12.2. The molecule has 0 amide bonds. The van der Waals surface area contributed by atoms with Crippen molar-refractivity contribution < 1.29 is 9.47 Å². The van der Waals surface area contributed by atoms with Crippen molar-refractivity contribution in [1.82, 2.24) is 9.97 Å². The highest BCUT2D eigenvalue weighted by Gasteiger charge is 2.08. The minimum absolute atomic E-state index is 0.0268. The van der Waals surface area contributed by atoms with E-state index in [2.05, 4.69) is 15.3 Å². The Hall–Kier alpha value is -0.910. The zero-order valence-electron chi connectivity index (χ0n) is 8.74. The van der Waals surface area contributed by atoms with Crippen molar-refractivity contribution in [2.75, 3.05) is 32.7 Å². The van der Waals surface area contributed by atoms with Crippen LogP contribution >= 0.6 is 11.6 Å². The highest BCUT2D eigenvalue weighted by Crippen LogP contribution is 2.15. The van der Waals surface area contributed by atoms with Crippen molar-refractivity contribution >= 4 is 17.4 Å². The van der Waals surface area contributed by atoms with Gasteiger partial charge in [0.1, 0.15) is 17.2 Å². The Kier molecular flexibility index (Phi) is 5.31. The lowest BCUT2D eigenvalue weighted by Gasteiger charge is -2.15. The molecule has 1 heterocycles. The lowest BCUT2D eigenvalue weighted by Crippen LogP contribution is -2.26. The summed E-state index contributed by atoms with van der Waals surface area (Å²) in [6, 6.07) is 0. The van der Waals surface area contributed by atoms with E-state index in [1.54, 1.807) is 14.2 Å². The third kappa shape index (κ3) is 3.99. The van der Waals surface area contributed by atoms with Gasteiger partial charge in [0, 0.05) is 20.8 Å². The summed E-state index contributed by atoms with van der Waals surface area (Å²) in [7, 11) is 3.26. The summed E-state index contributed by atoms with van der Waals surface area (Å²) in [5.74, 6) is 0.602. The monoisotopic (exact) mass is 231 g/mol. The van der Waals surface area contributed by atoms with Crippen molar-refractivity contribution in [3.8, 4) is 0 Å². The van der Waals surface area contributed by atoms with Crippen LogP contribution in [0.2, 0.25) is 5.02 Å². The van der Waals surface area contributed by atoms with Gasteiger partial charge in [0.2, 0.25) is 0 Å². The van der Waals surface area contributed by atoms with E-state index < -0.39 is 0 Å². The van der Waals surface area contributed by atoms with E-state index in [0.717, 1.165) is 0 Å². The Morgan fingerprint density at radius 3 is 2.93 bits per heavy atom. The molecule has 0 saturated carbocycles. The van der Waals surface area contributed by atoms with E-state index in [4.69, 9.17) is 21.1 Å². The molecule has 0 aliphatic heterocycles. The number of aromatic nitrogens is 2. The number of ether oxygens (including phenoxy) is 2. The lowest BCUT2D eigenvalue weighted by molar-refractivity contribution is 0.0365. The highest BCUT2D eigenvalue weighted by molar-refractivity contribution is 6.32. The smallest absolute Gasteiger partial charge is 0.148 e. The van der Waals surface area contributed by atoms with Crippen LogP contribution in [0.25, 0.3) is 0 Å². The van der Waals surface area contributed by atoms with Crippen LogP contribution in [0.5, 0.6) is 0 Å². The molecule has 0 saturated heterocycles. The van der Waals surface area contributed by atoms with Gasteiger partial charge in [-0.05, 0) is 0 Å². The van der Waals surface area contributed by atoms with Crippen LogP contribution in [0, 0.1) is 0 Å². The maximum atomic E-state index is 5.87. The van der Waals surface area contributed by atoms with Crippen LogP contribution in [0.3, 0.4) is 0 Å². The maximum absolute atomic E-state index is 5.87. The molecule has 15 heavy (non-hydrogen) atoms. The first-order valence-corrected chi connectivity index (χ1v) is 4.86. The molecule has 0 aromatic carbocycles. The number of methoxy groups -OCH3 is 2. The molecule has 6 heteroatoms. The number of halogens is 1. The molecule has 0 bridgehead atoms. The van der Waals surface area contributed by atoms with Crippen LogP contribution in [0.15, 0.2) is 12.5 Å². The third-order valence-corrected chi connectivity index (χ3v) is 2.13. The van der Waals surface area contributed by atoms with Gasteiger partial charge < -0.3 is 14.8 Å². The van der Waals surface area contributed by atoms with Crippen LogP contribution in [0.1, 0.15) is 0 Å². The topological polar surface area (TPSA) is 56.3 Å². The first-order chi connectivity index (χ1) is 7.27. The molecule has 1 N–H and O–H groups in total. The minimum Gasteiger partial charge on any atom is -0.382 e. The molecule has 0 aliphatic carbocycles. The fraction of sp³-hybridized carbons (Fsp3) is 0.556. The summed E-state index contributed by atoms with van der Waals surface area (Å²) in [5, 5.41) is 3.55. The van der Waals surface area contributed by atoms with Gasteiger partial charge in [-0.1, -0.05) is 11.6 Å². The van der Waals surface area contributed by atoms with E-state index in [1.807, 2.05) is 0 Å². The average Bonchev–Trinajstić information content (AvgIpc) is 2.26. The molecule has 1 aromatic rings. The second-order valence-corrected chi connectivity index (χ2v) is 3.32. The van der Waals surface area contributed by atoms with Crippen molar-refractivity contribution in [3.05, 3.63) is 17.5 Å². The third-order valence-electron chi connectivity index (χ3n) is 1.85. The molecule has 0 spiro atoms. The van der Waals surface area contributed by atoms with Crippen molar-refractivity contribution in [1.29, 1.82) is 0 Å². The molecule has 1 aromatic heterocycles. The van der Waals surface area contributed by atoms with E-state index in [9.17, 15) is 0 Å². The van der Waals surface area contributed by atoms with Gasteiger partial charge in [-0.2, -0.15) is 0 Å². The zero-order chi connectivity index (χ0) is 11.1. The van der Waals surface area contributed by atoms with Crippen molar-refractivity contribution in [3.63, 3.8) is 0 Å². The molecule has 0 radical (unpaired) electrons. The van der Waals surface area contributed by atoms with Gasteiger partial charge in [0.15, 0.2) is 0 Å². The average molecular weight is 232 g/mol. The lowest BCUT2D eigenvalue weighted by atomic mass is 10.3. The molecular weight excluding hydrogens is 218 g/mol. The van der Waals surface area contributed by atoms with Crippen LogP contribution in [0.4, 0.5) is 5.82 Å². The minimum atomic E-state index is -0.0268. The molecule has 1 unspecified atom stereocenters. The summed E-state index contributed by atoms with van der Waals surface area (Å²) in [6.07, 6.45) is 2.95. The fourth-order valence-corrected chi connectivity index (χ4v) is 1.22. The van der Waals surface area contributed by atoms with Crippen LogP contribution < -0.4 is 5.32 Å². The van der Waals surface area contributed by atoms with Crippen LogP contribution in [-0.4, -0.2) is 43.4 Å². The molecule has 0 fully saturated rings. The maximum Gasteiger partial charge on any atom is 0.148 e. The summed E-state index contributed by atoms with van der Waals surface area (Å²) < 4.78 is 10.2. The van der Waals surface area contributed by atoms with Crippen molar-refractivity contribution in [2.45, 2.75) is 6.10 Å². The Bertz CT molecular complexity index is 298. The first-order valence-electron chi connectivity index (χ1n) is 4.49. The van der Waals surface area contributed by atoms with Gasteiger partial charge >= 0.3 is 0 Å². The normalized spacial score (nSPS) is 12.5. The SMILES string of the molecule is COCC(CNc1ncncc1Cl)OC. The zero-order valence-corrected chi connectivity index (χ0v) is 9.49. The number of anilines is 1. The Balaban J connectivity index is 2.45. The second kappa shape index (κ2) is 6.55. The standard InChI is InChI=1S/C9H14ClN3O2/c1-14-5-7(15-2)3-12-9-8(10)4-11-6-13-9/h4,6-7H,3,5H2,1-2H3,(H,11,12,13). The fourth-order valence-electron chi connectivity index (χ4n) is 1.05. The number of nitrogens with one attached hydrogen (secondary N) is 1. The number of nitrogens with zero attached hydrogens (tertiary/aromatic N) is 2. The second-order valence-electron chi connectivity index (χ2n) is 2.91. The Labute approximate surface area is 93.8 Å². The summed E-state index contributed by atoms with van der Waals surface area (Å²) in [6.45, 7) is 1.10. The molecule has 84 valence electrons. The molecule has 5 nitrogen and oxygen atoms in total. The molecule has 0 aliphatic rings. The number of hydrogen-bond acceptors (Lipinski definition) is 5. The van der Waals surface area contributed by atoms with Crippen LogP contribution in [-0.2, 0) is 9.47 Å². The highest BCUT2D eigenvalue weighted by atomic mass is 35.5. The summed E-state index contributed by atoms with van der Waals surface area (Å²) in [4.78, 5) is 7.78. The largest absolute Gasteiger partial charge is 0.382 e. The van der Waals surface area contributed by atoms with E-state index >= 15 is 0 Å². The van der Waals surface area contributed by atoms with E-state index in [-0.39, 0.29) is 6.10 Å². The predicted molar refractivity (Wildman–Crippen MR) is 58.2 cm³/mol. The Morgan fingerprint density at radius 1 is 1.53 bits per heavy atom. The van der Waals surface area contributed by atoms with Gasteiger partial charge in [-0.15, -0.1) is 0 Å². The van der Waals surface area contributed by atoms with Gasteiger partial charge in [-0.25, -0.2) is 9.97 Å². The van der Waals surface area contributed by atoms with Gasteiger partial charge in [-0.3, -0.25) is 0 Å². The van der Waals surface area contributed by atoms with Crippen molar-refractivity contribution in [2.24, 2.45) is 0 Å². The van der Waals surface area contributed by atoms with E-state index in [1.165, 1.54) is 12.5 Å². The molecule has 1 rings (SSSR count). The van der Waals surface area contributed by atoms with E-state index in [0.29, 0.717) is 24.0 Å². The molecular formula is C9H14ClN3O2. The van der Waals surface area contributed by atoms with Gasteiger partial charge in [0.05, 0.1) is 18.9 Å². The molecule has 1 atom stereocenters. The Morgan fingerprint density at radius 2 is 2.33 bits per heavy atom. The summed E-state index contributed by atoms with van der Waals surface area (Å²) >= 11 is 5.87. The quantitative estimate of drug-likeness (QED) is 0.798. The predicted octanol–water partition coefficient (Wildman–Crippen LogP) is 1.20. The summed E-state index contributed by atoms with van der Waals surface area (Å²) in [5.41, 5.74) is 0. The number of hydrogen-bond donors (Lipinski definition) is 1. The van der Waals surface area contributed by atoms with Gasteiger partial charge in [0.25, 0.3) is 0 Å². The number of rotatable bonds is 6.